The van der Waals surface area contributed by atoms with Crippen LogP contribution in [-0.4, -0.2) is 54.3 Å². The molecule has 0 aromatic heterocycles. The van der Waals surface area contributed by atoms with Gasteiger partial charge in [-0.15, -0.1) is 24.8 Å². The number of hydrogen-bond acceptors (Lipinski definition) is 4. The van der Waals surface area contributed by atoms with Crippen LogP contribution in [-0.2, 0) is 9.59 Å². The lowest BCUT2D eigenvalue weighted by atomic mass is 10.0. The van der Waals surface area contributed by atoms with Gasteiger partial charge in [0.05, 0.1) is 6.54 Å². The van der Waals surface area contributed by atoms with Crippen molar-refractivity contribution in [2.24, 2.45) is 5.73 Å². The number of nitrogens with zero attached hydrogens (tertiary/aromatic N) is 2. The van der Waals surface area contributed by atoms with Crippen molar-refractivity contribution in [1.82, 2.24) is 9.80 Å². The number of amides is 2. The Morgan fingerprint density at radius 3 is 2.03 bits per heavy atom. The van der Waals surface area contributed by atoms with Crippen molar-refractivity contribution in [1.29, 1.82) is 0 Å². The maximum Gasteiger partial charge on any atom is 0.244 e. The molecule has 1 unspecified atom stereocenters. The fourth-order valence-corrected chi connectivity index (χ4v) is 3.63. The van der Waals surface area contributed by atoms with Gasteiger partial charge in [-0.05, 0) is 37.5 Å². The number of halogens is 2. The second-order valence-electron chi connectivity index (χ2n) is 7.80. The van der Waals surface area contributed by atoms with Gasteiger partial charge in [0, 0.05) is 31.9 Å². The summed E-state index contributed by atoms with van der Waals surface area (Å²) in [6.07, 6.45) is 0. The highest BCUT2D eigenvalue weighted by Gasteiger charge is 2.27. The van der Waals surface area contributed by atoms with Gasteiger partial charge in [0.1, 0.15) is 6.04 Å². The van der Waals surface area contributed by atoms with E-state index in [1.54, 1.807) is 4.90 Å². The summed E-state index contributed by atoms with van der Waals surface area (Å²) >= 11 is 0. The normalized spacial score (nSPS) is 14.8. The van der Waals surface area contributed by atoms with E-state index in [0.29, 0.717) is 32.7 Å². The minimum absolute atomic E-state index is 0. The standard InChI is InChI=1S/C23H30N4O2.2ClH/c1-16-7-9-19(10-8-16)21(24)23(29)27-13-11-26(12-14-27)15-20(28)25-22-17(2)5-4-6-18(22)3;;/h4-10,21H,11-15,24H2,1-3H3,(H,25,28);2*1H. The van der Waals surface area contributed by atoms with Gasteiger partial charge in [0.2, 0.25) is 11.8 Å². The highest BCUT2D eigenvalue weighted by molar-refractivity contribution is 5.93. The lowest BCUT2D eigenvalue weighted by Gasteiger charge is -2.35. The molecule has 1 atom stereocenters. The Morgan fingerprint density at radius 2 is 1.48 bits per heavy atom. The zero-order chi connectivity index (χ0) is 21.0. The molecule has 1 heterocycles. The summed E-state index contributed by atoms with van der Waals surface area (Å²) in [5.41, 5.74) is 11.1. The van der Waals surface area contributed by atoms with Gasteiger partial charge in [0.25, 0.3) is 0 Å². The fourth-order valence-electron chi connectivity index (χ4n) is 3.63. The van der Waals surface area contributed by atoms with Gasteiger partial charge in [-0.1, -0.05) is 48.0 Å². The Hall–Kier alpha value is -2.12. The van der Waals surface area contributed by atoms with Crippen molar-refractivity contribution < 1.29 is 9.59 Å². The van der Waals surface area contributed by atoms with E-state index in [1.807, 2.05) is 63.2 Å². The van der Waals surface area contributed by atoms with Crippen LogP contribution in [0.4, 0.5) is 5.69 Å². The Balaban J connectivity index is 0.00000240. The minimum Gasteiger partial charge on any atom is -0.338 e. The molecule has 0 saturated carbocycles. The van der Waals surface area contributed by atoms with Crippen molar-refractivity contribution in [3.05, 3.63) is 64.7 Å². The molecule has 0 aliphatic carbocycles. The molecule has 2 aromatic carbocycles. The Morgan fingerprint density at radius 1 is 0.935 bits per heavy atom. The molecule has 0 bridgehead atoms. The number of benzene rings is 2. The number of nitrogens with two attached hydrogens (primary N) is 1. The highest BCUT2D eigenvalue weighted by atomic mass is 35.5. The summed E-state index contributed by atoms with van der Waals surface area (Å²) in [6.45, 7) is 8.78. The molecule has 2 aromatic rings. The van der Waals surface area contributed by atoms with Crippen LogP contribution in [0.1, 0.15) is 28.3 Å². The first-order valence-electron chi connectivity index (χ1n) is 10.0. The maximum atomic E-state index is 12.7. The van der Waals surface area contributed by atoms with Gasteiger partial charge >= 0.3 is 0 Å². The van der Waals surface area contributed by atoms with Crippen molar-refractivity contribution in [2.45, 2.75) is 26.8 Å². The molecule has 170 valence electrons. The van der Waals surface area contributed by atoms with Crippen LogP contribution in [0.2, 0.25) is 0 Å². The van der Waals surface area contributed by atoms with Gasteiger partial charge < -0.3 is 16.0 Å². The summed E-state index contributed by atoms with van der Waals surface area (Å²) in [4.78, 5) is 29.1. The predicted molar refractivity (Wildman–Crippen MR) is 130 cm³/mol. The van der Waals surface area contributed by atoms with E-state index in [0.717, 1.165) is 27.9 Å². The zero-order valence-corrected chi connectivity index (χ0v) is 19.9. The molecule has 3 rings (SSSR count). The molecule has 1 saturated heterocycles. The van der Waals surface area contributed by atoms with Crippen molar-refractivity contribution in [3.63, 3.8) is 0 Å². The molecule has 1 aliphatic heterocycles. The van der Waals surface area contributed by atoms with Gasteiger partial charge in [-0.3, -0.25) is 14.5 Å². The number of anilines is 1. The Kier molecular flexibility index (Phi) is 10.5. The summed E-state index contributed by atoms with van der Waals surface area (Å²) in [7, 11) is 0. The average molecular weight is 467 g/mol. The number of rotatable bonds is 5. The summed E-state index contributed by atoms with van der Waals surface area (Å²) in [6, 6.07) is 13.1. The topological polar surface area (TPSA) is 78.7 Å². The molecule has 8 heteroatoms. The first-order valence-corrected chi connectivity index (χ1v) is 10.0. The van der Waals surface area contributed by atoms with Crippen LogP contribution < -0.4 is 11.1 Å². The molecule has 1 fully saturated rings. The second kappa shape index (κ2) is 12.1. The molecular weight excluding hydrogens is 435 g/mol. The molecule has 31 heavy (non-hydrogen) atoms. The SMILES string of the molecule is Cc1ccc(C(N)C(=O)N2CCN(CC(=O)Nc3c(C)cccc3C)CC2)cc1.Cl.Cl. The largest absolute Gasteiger partial charge is 0.338 e. The van der Waals surface area contributed by atoms with Gasteiger partial charge in [-0.25, -0.2) is 0 Å². The molecule has 6 nitrogen and oxygen atoms in total. The van der Waals surface area contributed by atoms with E-state index in [9.17, 15) is 9.59 Å². The van der Waals surface area contributed by atoms with Crippen LogP contribution in [0.25, 0.3) is 0 Å². The molecular formula is C23H32Cl2N4O2. The van der Waals surface area contributed by atoms with Crippen molar-refractivity contribution >= 4 is 42.3 Å². The predicted octanol–water partition coefficient (Wildman–Crippen LogP) is 3.24. The maximum absolute atomic E-state index is 12.7. The quantitative estimate of drug-likeness (QED) is 0.708. The van der Waals surface area contributed by atoms with Crippen LogP contribution in [0, 0.1) is 20.8 Å². The van der Waals surface area contributed by atoms with Crippen molar-refractivity contribution in [2.75, 3.05) is 38.0 Å². The molecule has 2 amide bonds. The first-order chi connectivity index (χ1) is 13.8. The lowest BCUT2D eigenvalue weighted by molar-refractivity contribution is -0.134. The summed E-state index contributed by atoms with van der Waals surface area (Å²) < 4.78 is 0. The highest BCUT2D eigenvalue weighted by Crippen LogP contribution is 2.19. The zero-order valence-electron chi connectivity index (χ0n) is 18.3. The van der Waals surface area contributed by atoms with Gasteiger partial charge in [-0.2, -0.15) is 0 Å². The third kappa shape index (κ3) is 6.94. The lowest BCUT2D eigenvalue weighted by Crippen LogP contribution is -2.52. The van der Waals surface area contributed by atoms with Crippen LogP contribution in [0.15, 0.2) is 42.5 Å². The Labute approximate surface area is 197 Å². The van der Waals surface area contributed by atoms with E-state index >= 15 is 0 Å². The van der Waals surface area contributed by atoms with E-state index in [-0.39, 0.29) is 36.6 Å². The van der Waals surface area contributed by atoms with E-state index in [1.165, 1.54) is 0 Å². The fraction of sp³-hybridized carbons (Fsp3) is 0.391. The van der Waals surface area contributed by atoms with Crippen molar-refractivity contribution in [3.8, 4) is 0 Å². The number of carbonyl (C=O) groups is 2. The van der Waals surface area contributed by atoms with Crippen LogP contribution >= 0.6 is 24.8 Å². The Bertz CT molecular complexity index is 861. The number of para-hydroxylation sites is 1. The van der Waals surface area contributed by atoms with Crippen LogP contribution in [0.5, 0.6) is 0 Å². The smallest absolute Gasteiger partial charge is 0.244 e. The summed E-state index contributed by atoms with van der Waals surface area (Å²) in [5, 5.41) is 3.02. The molecule has 0 radical (unpaired) electrons. The monoisotopic (exact) mass is 466 g/mol. The van der Waals surface area contributed by atoms with E-state index in [2.05, 4.69) is 10.2 Å². The second-order valence-corrected chi connectivity index (χ2v) is 7.80. The number of aryl methyl sites for hydroxylation is 3. The number of hydrogen-bond donors (Lipinski definition) is 2. The average Bonchev–Trinajstić information content (AvgIpc) is 2.71. The third-order valence-corrected chi connectivity index (χ3v) is 5.50. The number of nitrogens with one attached hydrogen (secondary N) is 1. The van der Waals surface area contributed by atoms with E-state index in [4.69, 9.17) is 5.73 Å². The molecule has 1 aliphatic rings. The first kappa shape index (κ1) is 26.9. The number of carbonyl (C=O) groups excluding carboxylic acids is 2. The molecule has 3 N–H and O–H groups in total. The number of piperazine rings is 1. The van der Waals surface area contributed by atoms with Crippen LogP contribution in [0.3, 0.4) is 0 Å². The summed E-state index contributed by atoms with van der Waals surface area (Å²) in [5.74, 6) is -0.0907. The minimum atomic E-state index is -0.644. The third-order valence-electron chi connectivity index (χ3n) is 5.50. The van der Waals surface area contributed by atoms with E-state index < -0.39 is 6.04 Å². The molecule has 0 spiro atoms. The van der Waals surface area contributed by atoms with Gasteiger partial charge in [0.15, 0.2) is 0 Å².